The van der Waals surface area contributed by atoms with E-state index in [2.05, 4.69) is 22.4 Å². The Kier molecular flexibility index (Phi) is 11.6. The van der Waals surface area contributed by atoms with Gasteiger partial charge in [0.15, 0.2) is 12.0 Å². The third kappa shape index (κ3) is 8.86. The van der Waals surface area contributed by atoms with Crippen molar-refractivity contribution in [2.45, 2.75) is 137 Å². The minimum Gasteiger partial charge on any atom is -0.346 e. The quantitative estimate of drug-likeness (QED) is 0.270. The number of fused-ring (bicyclic) bond motifs is 1. The topological polar surface area (TPSA) is 167 Å². The van der Waals surface area contributed by atoms with Crippen LogP contribution < -0.4 is 11.0 Å². The molecule has 3 rings (SSSR count). The van der Waals surface area contributed by atoms with Gasteiger partial charge >= 0.3 is 12.4 Å². The molecule has 15 heteroatoms. The summed E-state index contributed by atoms with van der Waals surface area (Å²) >= 11 is 6.02. The number of nitrogens with zero attached hydrogens (tertiary/aromatic N) is 4. The van der Waals surface area contributed by atoms with Gasteiger partial charge in [0.05, 0.1) is 42.8 Å². The van der Waals surface area contributed by atoms with Crippen molar-refractivity contribution in [3.05, 3.63) is 22.7 Å². The zero-order valence-electron chi connectivity index (χ0n) is 29.6. The van der Waals surface area contributed by atoms with E-state index in [-0.39, 0.29) is 37.1 Å². The number of ether oxygens (including phenoxy) is 3. The third-order valence-electron chi connectivity index (χ3n) is 7.87. The lowest BCUT2D eigenvalue weighted by molar-refractivity contribution is -0.391. The first kappa shape index (κ1) is 39.2. The summed E-state index contributed by atoms with van der Waals surface area (Å²) in [4.78, 5) is 29.9. The van der Waals surface area contributed by atoms with Crippen molar-refractivity contribution < 1.29 is 32.6 Å². The first-order valence-corrected chi connectivity index (χ1v) is 18.3. The second kappa shape index (κ2) is 13.9. The Morgan fingerprint density at radius 1 is 1.09 bits per heavy atom. The summed E-state index contributed by atoms with van der Waals surface area (Å²) in [6.07, 6.45) is -2.35. The van der Waals surface area contributed by atoms with Gasteiger partial charge in [0, 0.05) is 22.9 Å². The molecule has 2 aliphatic rings. The average Bonchev–Trinajstić information content (AvgIpc) is 3.22. The van der Waals surface area contributed by atoms with Crippen LogP contribution in [0.1, 0.15) is 102 Å². The summed E-state index contributed by atoms with van der Waals surface area (Å²) in [5, 5.41) is 21.6. The minimum absolute atomic E-state index is 0.0259. The van der Waals surface area contributed by atoms with E-state index in [4.69, 9.17) is 39.6 Å². The van der Waals surface area contributed by atoms with Crippen molar-refractivity contribution in [2.24, 2.45) is 16.7 Å². The van der Waals surface area contributed by atoms with Gasteiger partial charge in [0.1, 0.15) is 24.1 Å². The van der Waals surface area contributed by atoms with Gasteiger partial charge < -0.3 is 28.6 Å². The summed E-state index contributed by atoms with van der Waals surface area (Å²) in [6.45, 7) is 18.6. The van der Waals surface area contributed by atoms with Gasteiger partial charge in [-0.25, -0.2) is 4.79 Å². The normalized spacial score (nSPS) is 23.6. The molecule has 2 aliphatic heterocycles. The van der Waals surface area contributed by atoms with Crippen molar-refractivity contribution >= 4 is 30.3 Å². The van der Waals surface area contributed by atoms with Gasteiger partial charge in [0.25, 0.3) is 0 Å². The molecule has 0 aromatic carbocycles. The molecule has 2 fully saturated rings. The molecule has 0 unspecified atom stereocenters. The standard InChI is InChI=1S/C32H50N5O8PS/c1-20(2)25(38)35-22-13-18-37(27(39)36-22)26-24(23-21(41-26)19-40-32(42-23,28(3,4)5)29(6,7)8)43-46(47,44-30(9,10)14-16-33)45-31(11,12)15-17-34/h13,18,20-21,23-24,26H,14-15,19H2,1-12H3,(H,35,36,38,39)/t21-,23-,24-,26-/m1/s1. The van der Waals surface area contributed by atoms with Crippen molar-refractivity contribution in [1.29, 1.82) is 10.5 Å². The minimum atomic E-state index is -3.83. The van der Waals surface area contributed by atoms with Crippen LogP contribution in [0.25, 0.3) is 0 Å². The first-order chi connectivity index (χ1) is 21.4. The molecule has 262 valence electrons. The molecular formula is C32H50N5O8PS. The second-order valence-electron chi connectivity index (χ2n) is 15.6. The number of carbonyl (C=O) groups excluding carboxylic acids is 1. The fraction of sp³-hybridized carbons (Fsp3) is 0.781. The molecule has 1 amide bonds. The summed E-state index contributed by atoms with van der Waals surface area (Å²) < 4.78 is 40.5. The van der Waals surface area contributed by atoms with E-state index >= 15 is 0 Å². The van der Waals surface area contributed by atoms with Crippen molar-refractivity contribution in [3.8, 4) is 12.1 Å². The number of nitriles is 2. The fourth-order valence-electron chi connectivity index (χ4n) is 5.87. The molecule has 2 saturated heterocycles. The van der Waals surface area contributed by atoms with Crippen molar-refractivity contribution in [3.63, 3.8) is 0 Å². The van der Waals surface area contributed by atoms with E-state index in [9.17, 15) is 20.1 Å². The number of nitrogens with one attached hydrogen (secondary N) is 1. The molecule has 0 bridgehead atoms. The van der Waals surface area contributed by atoms with Crippen LogP contribution in [-0.4, -0.2) is 57.4 Å². The average molecular weight is 696 g/mol. The monoisotopic (exact) mass is 695 g/mol. The van der Waals surface area contributed by atoms with Gasteiger partial charge in [-0.15, -0.1) is 0 Å². The Balaban J connectivity index is 2.18. The Morgan fingerprint density at radius 3 is 2.06 bits per heavy atom. The number of rotatable bonds is 11. The highest BCUT2D eigenvalue weighted by atomic mass is 32.5. The first-order valence-electron chi connectivity index (χ1n) is 15.7. The number of carbonyl (C=O) groups is 1. The highest BCUT2D eigenvalue weighted by Crippen LogP contribution is 2.61. The number of anilines is 1. The van der Waals surface area contributed by atoms with Crippen LogP contribution in [0.2, 0.25) is 0 Å². The third-order valence-corrected chi connectivity index (χ3v) is 10.5. The molecule has 0 radical (unpaired) electrons. The molecule has 1 aromatic heterocycles. The summed E-state index contributed by atoms with van der Waals surface area (Å²) in [7, 11) is 0. The Bertz CT molecular complexity index is 1450. The molecule has 0 spiro atoms. The molecule has 0 saturated carbocycles. The van der Waals surface area contributed by atoms with Gasteiger partial charge in [-0.3, -0.25) is 13.9 Å². The van der Waals surface area contributed by atoms with E-state index in [0.29, 0.717) is 0 Å². The Hall–Kier alpha value is -2.26. The zero-order valence-corrected chi connectivity index (χ0v) is 31.3. The maximum atomic E-state index is 13.5. The van der Waals surface area contributed by atoms with Gasteiger partial charge in [-0.05, 0) is 45.6 Å². The second-order valence-corrected chi connectivity index (χ2v) is 18.4. The molecular weight excluding hydrogens is 645 g/mol. The Labute approximate surface area is 283 Å². The van der Waals surface area contributed by atoms with E-state index in [1.165, 1.54) is 16.8 Å². The zero-order chi connectivity index (χ0) is 35.8. The fourth-order valence-corrected chi connectivity index (χ4v) is 9.36. The predicted octanol–water partition coefficient (Wildman–Crippen LogP) is 5.97. The van der Waals surface area contributed by atoms with Gasteiger partial charge in [-0.2, -0.15) is 15.5 Å². The molecule has 13 nitrogen and oxygen atoms in total. The molecule has 1 N–H and O–H groups in total. The lowest BCUT2D eigenvalue weighted by atomic mass is 9.69. The smallest absolute Gasteiger partial charge is 0.346 e. The lowest BCUT2D eigenvalue weighted by Gasteiger charge is -2.56. The Morgan fingerprint density at radius 2 is 1.62 bits per heavy atom. The van der Waals surface area contributed by atoms with E-state index in [0.717, 1.165) is 0 Å². The SMILES string of the molecule is CC(C)C(=O)Nc1ccn([C@@H]2O[C@@H]3COC(C(C)(C)C)(C(C)(C)C)O[C@H]3[C@H]2OP(=S)(OC(C)(C)CC#N)OC(C)(C)CC#N)c(=O)n1. The van der Waals surface area contributed by atoms with E-state index in [1.807, 2.05) is 41.5 Å². The van der Waals surface area contributed by atoms with Crippen LogP contribution in [0.5, 0.6) is 0 Å². The number of aromatic nitrogens is 2. The highest BCUT2D eigenvalue weighted by Gasteiger charge is 2.63. The summed E-state index contributed by atoms with van der Waals surface area (Å²) in [5.74, 6) is -1.65. The van der Waals surface area contributed by atoms with Crippen LogP contribution in [0.4, 0.5) is 5.82 Å². The molecule has 47 heavy (non-hydrogen) atoms. The molecule has 1 aromatic rings. The molecule has 3 heterocycles. The lowest BCUT2D eigenvalue weighted by Crippen LogP contribution is -2.64. The van der Waals surface area contributed by atoms with E-state index in [1.54, 1.807) is 41.5 Å². The van der Waals surface area contributed by atoms with Crippen molar-refractivity contribution in [2.75, 3.05) is 11.9 Å². The predicted molar refractivity (Wildman–Crippen MR) is 178 cm³/mol. The summed E-state index contributed by atoms with van der Waals surface area (Å²) in [5.41, 5.74) is -3.94. The summed E-state index contributed by atoms with van der Waals surface area (Å²) in [6, 6.07) is 5.70. The van der Waals surface area contributed by atoms with Crippen LogP contribution >= 0.6 is 6.72 Å². The van der Waals surface area contributed by atoms with Gasteiger partial charge in [0.2, 0.25) is 5.91 Å². The van der Waals surface area contributed by atoms with Crippen LogP contribution in [0.15, 0.2) is 17.1 Å². The molecule has 0 aliphatic carbocycles. The number of hydrogen-bond acceptors (Lipinski definition) is 12. The largest absolute Gasteiger partial charge is 0.351 e. The number of hydrogen-bond donors (Lipinski definition) is 1. The maximum Gasteiger partial charge on any atom is 0.351 e. The maximum absolute atomic E-state index is 13.5. The van der Waals surface area contributed by atoms with Gasteiger partial charge in [-0.1, -0.05) is 55.4 Å². The molecule has 4 atom stereocenters. The van der Waals surface area contributed by atoms with Crippen LogP contribution in [0, 0.1) is 39.4 Å². The highest BCUT2D eigenvalue weighted by molar-refractivity contribution is 8.07. The van der Waals surface area contributed by atoms with E-state index < -0.39 is 64.8 Å². The van der Waals surface area contributed by atoms with Crippen LogP contribution in [0.3, 0.4) is 0 Å². The van der Waals surface area contributed by atoms with Crippen molar-refractivity contribution in [1.82, 2.24) is 9.55 Å². The van der Waals surface area contributed by atoms with Crippen LogP contribution in [-0.2, 0) is 44.4 Å². The number of amides is 1.